The molecule has 2 aliphatic carbocycles. The van der Waals surface area contributed by atoms with E-state index >= 15 is 0 Å². The van der Waals surface area contributed by atoms with Crippen molar-refractivity contribution in [1.82, 2.24) is 0 Å². The van der Waals surface area contributed by atoms with Gasteiger partial charge in [-0.05, 0) is 136 Å². The normalized spacial score (nSPS) is 20.8. The number of anilines is 5. The Morgan fingerprint density at radius 3 is 1.38 bits per heavy atom. The lowest BCUT2D eigenvalue weighted by molar-refractivity contribution is 0.311. The molecule has 4 unspecified atom stereocenters. The summed E-state index contributed by atoms with van der Waals surface area (Å²) in [5.74, 6) is 1.98. The summed E-state index contributed by atoms with van der Waals surface area (Å²) in [6.07, 6.45) is 12.6. The number of benzene rings is 5. The first-order valence-corrected chi connectivity index (χ1v) is 17.9. The van der Waals surface area contributed by atoms with Crippen LogP contribution in [0.15, 0.2) is 169 Å². The quantitative estimate of drug-likeness (QED) is 0.142. The standard InChI is InChI=1S/C46H48N2/c1-35-33-38(24-23-37-25-28-43(29-26-37)47(39-15-7-3-8-16-39)40-17-9-4-10-18-40)27-31-45(35)46-32-30-44(34-36(46)2)48(41-19-11-5-12-20-41)42-21-13-6-14-22-42/h3-22,25-26,28-29,33-34,38,44-46H,23-24,27,30-32H2,1-2H3. The molecule has 0 fully saturated rings. The molecule has 0 heterocycles. The second-order valence-electron chi connectivity index (χ2n) is 13.8. The number of para-hydroxylation sites is 4. The van der Waals surface area contributed by atoms with E-state index in [9.17, 15) is 0 Å². The maximum Gasteiger partial charge on any atom is 0.0525 e. The number of allylic oxidation sites excluding steroid dienone is 3. The second-order valence-corrected chi connectivity index (χ2v) is 13.8. The number of aryl methyl sites for hydroxylation is 1. The fourth-order valence-corrected chi connectivity index (χ4v) is 8.23. The van der Waals surface area contributed by atoms with Crippen LogP contribution in [0.1, 0.15) is 51.5 Å². The first-order chi connectivity index (χ1) is 23.6. The molecule has 5 aromatic carbocycles. The molecule has 5 aromatic rings. The maximum atomic E-state index is 2.63. The van der Waals surface area contributed by atoms with Crippen LogP contribution in [0, 0.1) is 17.8 Å². The van der Waals surface area contributed by atoms with Gasteiger partial charge in [-0.2, -0.15) is 0 Å². The second kappa shape index (κ2) is 14.9. The van der Waals surface area contributed by atoms with Crippen LogP contribution in [0.25, 0.3) is 0 Å². The van der Waals surface area contributed by atoms with Gasteiger partial charge < -0.3 is 9.80 Å². The average molecular weight is 629 g/mol. The first kappa shape index (κ1) is 31.8. The van der Waals surface area contributed by atoms with Gasteiger partial charge in [0.05, 0.1) is 6.04 Å². The summed E-state index contributed by atoms with van der Waals surface area (Å²) >= 11 is 0. The first-order valence-electron chi connectivity index (χ1n) is 17.9. The number of hydrogen-bond acceptors (Lipinski definition) is 2. The van der Waals surface area contributed by atoms with E-state index in [0.29, 0.717) is 23.8 Å². The van der Waals surface area contributed by atoms with Crippen molar-refractivity contribution in [2.75, 3.05) is 9.80 Å². The van der Waals surface area contributed by atoms with E-state index in [2.05, 4.69) is 181 Å². The zero-order valence-corrected chi connectivity index (χ0v) is 28.5. The molecule has 0 aromatic heterocycles. The summed E-state index contributed by atoms with van der Waals surface area (Å²) in [6.45, 7) is 4.80. The Kier molecular flexibility index (Phi) is 9.89. The average Bonchev–Trinajstić information content (AvgIpc) is 3.14. The zero-order chi connectivity index (χ0) is 32.7. The van der Waals surface area contributed by atoms with Crippen molar-refractivity contribution in [3.8, 4) is 0 Å². The number of hydrogen-bond donors (Lipinski definition) is 0. The Hall–Kier alpha value is -4.82. The van der Waals surface area contributed by atoms with Crippen LogP contribution in [0.2, 0.25) is 0 Å². The Balaban J connectivity index is 0.998. The molecule has 2 heteroatoms. The molecule has 2 aliphatic rings. The third kappa shape index (κ3) is 7.19. The van der Waals surface area contributed by atoms with Gasteiger partial charge in [-0.3, -0.25) is 0 Å². The van der Waals surface area contributed by atoms with Gasteiger partial charge in [0.1, 0.15) is 0 Å². The predicted octanol–water partition coefficient (Wildman–Crippen LogP) is 12.6. The lowest BCUT2D eigenvalue weighted by Gasteiger charge is -2.41. The van der Waals surface area contributed by atoms with Crippen molar-refractivity contribution in [2.24, 2.45) is 17.8 Å². The van der Waals surface area contributed by atoms with E-state index in [-0.39, 0.29) is 0 Å². The fraction of sp³-hybridized carbons (Fsp3) is 0.261. The molecular formula is C46H48N2. The highest BCUT2D eigenvalue weighted by Crippen LogP contribution is 2.44. The van der Waals surface area contributed by atoms with Crippen LogP contribution in [0.3, 0.4) is 0 Å². The Bertz CT molecular complexity index is 1710. The smallest absolute Gasteiger partial charge is 0.0525 e. The Morgan fingerprint density at radius 2 is 0.896 bits per heavy atom. The minimum absolute atomic E-state index is 0.380. The van der Waals surface area contributed by atoms with Gasteiger partial charge in [0.15, 0.2) is 0 Å². The van der Waals surface area contributed by atoms with Gasteiger partial charge in [-0.15, -0.1) is 0 Å². The summed E-state index contributed by atoms with van der Waals surface area (Å²) in [4.78, 5) is 4.87. The van der Waals surface area contributed by atoms with E-state index in [1.54, 1.807) is 11.1 Å². The molecule has 0 bridgehead atoms. The lowest BCUT2D eigenvalue weighted by Crippen LogP contribution is -2.35. The van der Waals surface area contributed by atoms with E-state index in [0.717, 1.165) is 6.42 Å². The summed E-state index contributed by atoms with van der Waals surface area (Å²) in [5.41, 5.74) is 10.7. The van der Waals surface area contributed by atoms with Gasteiger partial charge in [-0.25, -0.2) is 0 Å². The SMILES string of the molecule is CC1=CC(CCc2ccc(N(c3ccccc3)c3ccccc3)cc2)CCC1C1CCC(N(c2ccccc2)c2ccccc2)C=C1C. The van der Waals surface area contributed by atoms with Crippen LogP contribution in [-0.2, 0) is 6.42 Å². The van der Waals surface area contributed by atoms with Gasteiger partial charge in [0.2, 0.25) is 0 Å². The largest absolute Gasteiger partial charge is 0.335 e. The number of rotatable bonds is 10. The molecule has 0 radical (unpaired) electrons. The van der Waals surface area contributed by atoms with Crippen molar-refractivity contribution >= 4 is 28.4 Å². The molecule has 0 aliphatic heterocycles. The zero-order valence-electron chi connectivity index (χ0n) is 28.5. The lowest BCUT2D eigenvalue weighted by atomic mass is 9.69. The highest BCUT2D eigenvalue weighted by molar-refractivity contribution is 5.76. The molecule has 0 saturated heterocycles. The van der Waals surface area contributed by atoms with Gasteiger partial charge in [0.25, 0.3) is 0 Å². The van der Waals surface area contributed by atoms with Gasteiger partial charge in [-0.1, -0.05) is 108 Å². The van der Waals surface area contributed by atoms with Crippen LogP contribution < -0.4 is 9.80 Å². The highest BCUT2D eigenvalue weighted by Gasteiger charge is 2.33. The summed E-state index contributed by atoms with van der Waals surface area (Å²) in [7, 11) is 0. The molecule has 4 atom stereocenters. The molecule has 0 amide bonds. The van der Waals surface area contributed by atoms with Crippen LogP contribution in [-0.4, -0.2) is 6.04 Å². The van der Waals surface area contributed by atoms with Gasteiger partial charge in [0, 0.05) is 28.4 Å². The monoisotopic (exact) mass is 628 g/mol. The molecule has 7 rings (SSSR count). The van der Waals surface area contributed by atoms with Crippen LogP contribution >= 0.6 is 0 Å². The van der Waals surface area contributed by atoms with Crippen molar-refractivity contribution in [1.29, 1.82) is 0 Å². The highest BCUT2D eigenvalue weighted by atomic mass is 15.2. The summed E-state index contributed by atoms with van der Waals surface area (Å²) < 4.78 is 0. The van der Waals surface area contributed by atoms with Gasteiger partial charge >= 0.3 is 0 Å². The summed E-state index contributed by atoms with van der Waals surface area (Å²) in [6, 6.07) is 52.7. The van der Waals surface area contributed by atoms with Crippen molar-refractivity contribution in [3.63, 3.8) is 0 Å². The Labute approximate surface area is 288 Å². The van der Waals surface area contributed by atoms with E-state index in [1.165, 1.54) is 66.1 Å². The molecular weight excluding hydrogens is 581 g/mol. The molecule has 0 saturated carbocycles. The summed E-state index contributed by atoms with van der Waals surface area (Å²) in [5, 5.41) is 0. The minimum atomic E-state index is 0.380. The molecule has 242 valence electrons. The minimum Gasteiger partial charge on any atom is -0.335 e. The van der Waals surface area contributed by atoms with E-state index < -0.39 is 0 Å². The van der Waals surface area contributed by atoms with E-state index in [4.69, 9.17) is 0 Å². The molecule has 0 N–H and O–H groups in total. The topological polar surface area (TPSA) is 6.48 Å². The van der Waals surface area contributed by atoms with E-state index in [1.807, 2.05) is 0 Å². The third-order valence-corrected chi connectivity index (χ3v) is 10.7. The number of nitrogens with zero attached hydrogens (tertiary/aromatic N) is 2. The predicted molar refractivity (Wildman–Crippen MR) is 205 cm³/mol. The van der Waals surface area contributed by atoms with Crippen LogP contribution in [0.5, 0.6) is 0 Å². The maximum absolute atomic E-state index is 2.63. The van der Waals surface area contributed by atoms with Crippen LogP contribution in [0.4, 0.5) is 28.4 Å². The third-order valence-electron chi connectivity index (χ3n) is 10.7. The fourth-order valence-electron chi connectivity index (χ4n) is 8.23. The molecule has 0 spiro atoms. The van der Waals surface area contributed by atoms with Crippen molar-refractivity contribution < 1.29 is 0 Å². The Morgan fingerprint density at radius 1 is 0.458 bits per heavy atom. The molecule has 2 nitrogen and oxygen atoms in total. The molecule has 48 heavy (non-hydrogen) atoms. The van der Waals surface area contributed by atoms with Crippen molar-refractivity contribution in [3.05, 3.63) is 174 Å². The van der Waals surface area contributed by atoms with Crippen molar-refractivity contribution in [2.45, 2.75) is 58.4 Å².